The number of nitrogens with one attached hydrogen (secondary N) is 1. The number of nitrogens with two attached hydrogens (primary N) is 1. The van der Waals surface area contributed by atoms with Crippen LogP contribution in [0.2, 0.25) is 0 Å². The van der Waals surface area contributed by atoms with E-state index in [0.717, 1.165) is 31.4 Å². The molecule has 0 bridgehead atoms. The van der Waals surface area contributed by atoms with Crippen molar-refractivity contribution in [2.24, 2.45) is 0 Å². The quantitative estimate of drug-likeness (QED) is 0.416. The number of rotatable bonds is 10. The van der Waals surface area contributed by atoms with Crippen LogP contribution in [-0.2, 0) is 17.3 Å². The highest BCUT2D eigenvalue weighted by atomic mass is 19.3. The number of benzene rings is 1. The number of hydrogen-bond donors (Lipinski definition) is 3. The van der Waals surface area contributed by atoms with Gasteiger partial charge in [-0.15, -0.1) is 0 Å². The van der Waals surface area contributed by atoms with Crippen molar-refractivity contribution < 1.29 is 23.4 Å². The third-order valence-corrected chi connectivity index (χ3v) is 4.95. The Balaban J connectivity index is 2.00. The minimum atomic E-state index is -4.01. The third-order valence-electron chi connectivity index (χ3n) is 4.95. The zero-order valence-electron chi connectivity index (χ0n) is 17.4. The van der Waals surface area contributed by atoms with Crippen molar-refractivity contribution in [3.8, 4) is 5.75 Å². The molecule has 31 heavy (non-hydrogen) atoms. The van der Waals surface area contributed by atoms with E-state index in [0.29, 0.717) is 34.7 Å². The minimum Gasteiger partial charge on any atom is -0.496 e. The molecule has 0 saturated heterocycles. The van der Waals surface area contributed by atoms with Gasteiger partial charge in [0.05, 0.1) is 19.2 Å². The second-order valence-corrected chi connectivity index (χ2v) is 7.15. The van der Waals surface area contributed by atoms with Gasteiger partial charge in [0.25, 0.3) is 0 Å². The molecule has 3 rings (SSSR count). The Morgan fingerprint density at radius 1 is 1.29 bits per heavy atom. The number of aliphatic carboxylic acids is 1. The number of carboxylic acids is 1. The second-order valence-electron chi connectivity index (χ2n) is 7.15. The van der Waals surface area contributed by atoms with Gasteiger partial charge in [0.1, 0.15) is 11.3 Å². The Bertz CT molecular complexity index is 1080. The molecular formula is C21H25F2N5O3. The molecule has 0 radical (unpaired) electrons. The van der Waals surface area contributed by atoms with Crippen LogP contribution in [0.15, 0.2) is 30.5 Å². The molecule has 4 N–H and O–H groups in total. The lowest BCUT2D eigenvalue weighted by Gasteiger charge is -2.17. The summed E-state index contributed by atoms with van der Waals surface area (Å²) in [6.07, 6.45) is 4.86. The number of fused-ring (bicyclic) bond motifs is 1. The van der Waals surface area contributed by atoms with E-state index in [1.165, 1.54) is 13.2 Å². The van der Waals surface area contributed by atoms with Crippen molar-refractivity contribution in [3.63, 3.8) is 0 Å². The summed E-state index contributed by atoms with van der Waals surface area (Å²) in [6, 6.07) is 5.29. The molecule has 10 heteroatoms. The molecule has 3 aromatic rings. The number of alkyl halides is 2. The van der Waals surface area contributed by atoms with E-state index in [9.17, 15) is 13.6 Å². The van der Waals surface area contributed by atoms with Gasteiger partial charge in [0, 0.05) is 23.9 Å². The zero-order chi connectivity index (χ0) is 22.6. The molecule has 1 aromatic carbocycles. The molecule has 0 atom stereocenters. The van der Waals surface area contributed by atoms with Crippen LogP contribution in [0.3, 0.4) is 0 Å². The fraction of sp³-hybridized carbons (Fsp3) is 0.381. The van der Waals surface area contributed by atoms with Gasteiger partial charge in [-0.2, -0.15) is 13.8 Å². The van der Waals surface area contributed by atoms with Crippen LogP contribution in [-0.4, -0.2) is 39.3 Å². The molecule has 8 nitrogen and oxygen atoms in total. The van der Waals surface area contributed by atoms with Gasteiger partial charge in [-0.25, -0.2) is 9.78 Å². The van der Waals surface area contributed by atoms with Crippen LogP contribution in [0.1, 0.15) is 37.3 Å². The van der Waals surface area contributed by atoms with E-state index in [-0.39, 0.29) is 12.5 Å². The number of methoxy groups -OCH3 is 1. The van der Waals surface area contributed by atoms with Crippen LogP contribution in [0.25, 0.3) is 11.0 Å². The number of anilines is 2. The first-order valence-electron chi connectivity index (χ1n) is 9.92. The predicted octanol–water partition coefficient (Wildman–Crippen LogP) is 3.85. The maximum Gasteiger partial charge on any atom is 0.379 e. The van der Waals surface area contributed by atoms with Crippen molar-refractivity contribution in [2.75, 3.05) is 24.7 Å². The summed E-state index contributed by atoms with van der Waals surface area (Å²) in [4.78, 5) is 19.5. The topological polar surface area (TPSA) is 115 Å². The Hall–Kier alpha value is -3.43. The summed E-state index contributed by atoms with van der Waals surface area (Å²) in [5.41, 5.74) is 6.88. The molecule has 0 amide bonds. The first-order chi connectivity index (χ1) is 14.8. The fourth-order valence-corrected chi connectivity index (χ4v) is 3.37. The van der Waals surface area contributed by atoms with E-state index in [1.807, 2.05) is 0 Å². The highest BCUT2D eigenvalue weighted by Crippen LogP contribution is 2.33. The summed E-state index contributed by atoms with van der Waals surface area (Å²) >= 11 is 0. The number of aromatic nitrogens is 3. The van der Waals surface area contributed by atoms with Crippen molar-refractivity contribution in [2.45, 2.75) is 38.7 Å². The molecule has 0 saturated carbocycles. The molecule has 0 fully saturated rings. The highest BCUT2D eigenvalue weighted by Gasteiger charge is 2.41. The van der Waals surface area contributed by atoms with Gasteiger partial charge in [-0.3, -0.25) is 0 Å². The number of halogens is 2. The van der Waals surface area contributed by atoms with Crippen molar-refractivity contribution in [1.82, 2.24) is 14.5 Å². The Morgan fingerprint density at radius 2 is 2.06 bits per heavy atom. The van der Waals surface area contributed by atoms with Crippen LogP contribution in [0.5, 0.6) is 5.75 Å². The van der Waals surface area contributed by atoms with Crippen LogP contribution in [0.4, 0.5) is 20.5 Å². The molecular weight excluding hydrogens is 408 g/mol. The SMILES string of the molecule is CCCCCNc1nc(N)nc2ccn(Cc3cc(C(F)(F)C(=O)O)ccc3OC)c12. The molecule has 166 valence electrons. The van der Waals surface area contributed by atoms with Crippen molar-refractivity contribution in [1.29, 1.82) is 0 Å². The Kier molecular flexibility index (Phi) is 6.57. The number of carbonyl (C=O) groups is 1. The van der Waals surface area contributed by atoms with Crippen molar-refractivity contribution >= 4 is 28.8 Å². The maximum atomic E-state index is 14.0. The Morgan fingerprint density at radius 3 is 2.74 bits per heavy atom. The van der Waals surface area contributed by atoms with Gasteiger partial charge < -0.3 is 25.5 Å². The second kappa shape index (κ2) is 9.15. The van der Waals surface area contributed by atoms with Crippen molar-refractivity contribution in [3.05, 3.63) is 41.6 Å². The minimum absolute atomic E-state index is 0.129. The van der Waals surface area contributed by atoms with Gasteiger partial charge >= 0.3 is 11.9 Å². The molecule has 2 heterocycles. The van der Waals surface area contributed by atoms with E-state index in [4.69, 9.17) is 15.6 Å². The molecule has 0 spiro atoms. The average molecular weight is 433 g/mol. The normalized spacial score (nSPS) is 11.6. The highest BCUT2D eigenvalue weighted by molar-refractivity contribution is 5.87. The molecule has 0 aliphatic rings. The lowest BCUT2D eigenvalue weighted by Crippen LogP contribution is -2.25. The van der Waals surface area contributed by atoms with Crippen LogP contribution in [0, 0.1) is 0 Å². The van der Waals surface area contributed by atoms with E-state index in [2.05, 4.69) is 22.2 Å². The average Bonchev–Trinajstić information content (AvgIpc) is 3.13. The van der Waals surface area contributed by atoms with Crippen LogP contribution >= 0.6 is 0 Å². The lowest BCUT2D eigenvalue weighted by molar-refractivity contribution is -0.166. The van der Waals surface area contributed by atoms with Gasteiger partial charge in [0.2, 0.25) is 5.95 Å². The largest absolute Gasteiger partial charge is 0.496 e. The number of nitrogen functional groups attached to an aromatic ring is 1. The lowest BCUT2D eigenvalue weighted by atomic mass is 10.0. The van der Waals surface area contributed by atoms with Gasteiger partial charge in [0.15, 0.2) is 5.82 Å². The fourth-order valence-electron chi connectivity index (χ4n) is 3.37. The summed E-state index contributed by atoms with van der Waals surface area (Å²) in [7, 11) is 1.42. The summed E-state index contributed by atoms with van der Waals surface area (Å²) < 4.78 is 35.2. The number of carboxylic acid groups (broad SMARTS) is 1. The smallest absolute Gasteiger partial charge is 0.379 e. The zero-order valence-corrected chi connectivity index (χ0v) is 17.4. The summed E-state index contributed by atoms with van der Waals surface area (Å²) in [5.74, 6) is -5.18. The maximum absolute atomic E-state index is 14.0. The first-order valence-corrected chi connectivity index (χ1v) is 9.92. The number of nitrogens with zero attached hydrogens (tertiary/aromatic N) is 3. The van der Waals surface area contributed by atoms with Crippen LogP contribution < -0.4 is 15.8 Å². The number of ether oxygens (including phenoxy) is 1. The molecule has 0 aliphatic heterocycles. The number of hydrogen-bond acceptors (Lipinski definition) is 6. The molecule has 0 unspecified atom stereocenters. The van der Waals surface area contributed by atoms with Gasteiger partial charge in [-0.1, -0.05) is 19.8 Å². The Labute approximate surface area is 178 Å². The summed E-state index contributed by atoms with van der Waals surface area (Å²) in [6.45, 7) is 2.96. The first kappa shape index (κ1) is 22.3. The van der Waals surface area contributed by atoms with E-state index in [1.54, 1.807) is 16.8 Å². The summed E-state index contributed by atoms with van der Waals surface area (Å²) in [5, 5.41) is 12.1. The van der Waals surface area contributed by atoms with Gasteiger partial charge in [-0.05, 0) is 30.7 Å². The van der Waals surface area contributed by atoms with E-state index >= 15 is 0 Å². The molecule has 2 aromatic heterocycles. The standard InChI is InChI=1S/C21H25F2N5O3/c1-3-4-5-9-25-18-17-15(26-20(24)27-18)8-10-28(17)12-13-11-14(6-7-16(13)31-2)21(22,23)19(29)30/h6-8,10-11H,3-5,9,12H2,1-2H3,(H,29,30)(H3,24,25,26,27). The molecule has 0 aliphatic carbocycles. The van der Waals surface area contributed by atoms with E-state index < -0.39 is 17.5 Å². The predicted molar refractivity (Wildman–Crippen MR) is 114 cm³/mol. The number of unbranched alkanes of at least 4 members (excludes halogenated alkanes) is 2. The monoisotopic (exact) mass is 433 g/mol. The third kappa shape index (κ3) is 4.68.